The highest BCUT2D eigenvalue weighted by atomic mass is 16.1. The molecule has 0 N–H and O–H groups in total. The van der Waals surface area contributed by atoms with Gasteiger partial charge in [-0.15, -0.1) is 0 Å². The van der Waals surface area contributed by atoms with Crippen LogP contribution in [0, 0.1) is 0 Å². The van der Waals surface area contributed by atoms with E-state index in [2.05, 4.69) is 0 Å². The zero-order chi connectivity index (χ0) is 22.9. The number of rotatable bonds is 0. The van der Waals surface area contributed by atoms with Crippen LogP contribution in [0.4, 0.5) is 0 Å². The minimum Gasteiger partial charge on any atom is -0.289 e. The van der Waals surface area contributed by atoms with Crippen LogP contribution in [0.3, 0.4) is 0 Å². The lowest BCUT2D eigenvalue weighted by Gasteiger charge is -2.06. The van der Waals surface area contributed by atoms with E-state index in [9.17, 15) is 38.4 Å². The van der Waals surface area contributed by atoms with Gasteiger partial charge in [0.2, 0.25) is 0 Å². The molecule has 32 heavy (non-hydrogen) atoms. The molecule has 0 aliphatic heterocycles. The first-order valence-electron chi connectivity index (χ1n) is 9.28. The largest absolute Gasteiger partial charge is 0.289 e. The minimum absolute atomic E-state index is 0.555. The smallest absolute Gasteiger partial charge is 0.187 e. The first kappa shape index (κ1) is 19.3. The van der Waals surface area contributed by atoms with E-state index in [1.165, 1.54) is 0 Å². The quantitative estimate of drug-likeness (QED) is 0.324. The average molecular weight is 424 g/mol. The lowest BCUT2D eigenvalue weighted by Crippen LogP contribution is -2.21. The molecule has 5 aromatic carbocycles. The van der Waals surface area contributed by atoms with Gasteiger partial charge in [0.25, 0.3) is 0 Å². The van der Waals surface area contributed by atoms with Crippen LogP contribution in [0.1, 0.15) is 0 Å². The van der Waals surface area contributed by atoms with E-state index in [0.29, 0.717) is 0 Å². The molecule has 0 heterocycles. The SMILES string of the molecule is O=c1ccc(=O)c2c1c1c(=O)ccc(=O)c1c1c(=O)ccc(=O)c1c1c(=O)ccc(=O)c21. The molecule has 0 aromatic heterocycles. The number of benzene rings is 4. The molecule has 0 amide bonds. The second-order valence-electron chi connectivity index (χ2n) is 7.25. The highest BCUT2D eigenvalue weighted by Gasteiger charge is 2.21. The maximum Gasteiger partial charge on any atom is 0.187 e. The minimum atomic E-state index is -0.862. The molecule has 0 aliphatic rings. The molecule has 0 radical (unpaired) electrons. The van der Waals surface area contributed by atoms with Crippen LogP contribution in [0.5, 0.6) is 0 Å². The summed E-state index contributed by atoms with van der Waals surface area (Å²) in [5, 5.41) is -4.44. The van der Waals surface area contributed by atoms with Crippen molar-refractivity contribution in [2.24, 2.45) is 0 Å². The first-order valence-corrected chi connectivity index (χ1v) is 9.28. The van der Waals surface area contributed by atoms with Crippen molar-refractivity contribution in [3.05, 3.63) is 130 Å². The maximum absolute atomic E-state index is 12.9. The molecule has 0 unspecified atom stereocenters. The van der Waals surface area contributed by atoms with Gasteiger partial charge in [-0.25, -0.2) is 0 Å². The fourth-order valence-electron chi connectivity index (χ4n) is 4.24. The van der Waals surface area contributed by atoms with E-state index in [1.54, 1.807) is 0 Å². The number of hydrogen-bond donors (Lipinski definition) is 0. The molecule has 0 saturated carbocycles. The second-order valence-corrected chi connectivity index (χ2v) is 7.25. The van der Waals surface area contributed by atoms with Gasteiger partial charge in [-0.05, 0) is 48.5 Å². The maximum atomic E-state index is 12.9. The van der Waals surface area contributed by atoms with Gasteiger partial charge in [0.15, 0.2) is 43.4 Å². The van der Waals surface area contributed by atoms with Gasteiger partial charge in [-0.3, -0.25) is 38.4 Å². The molecule has 5 rings (SSSR count). The van der Waals surface area contributed by atoms with Crippen molar-refractivity contribution in [2.45, 2.75) is 0 Å². The van der Waals surface area contributed by atoms with Crippen LogP contribution in [0.15, 0.2) is 86.9 Å². The Kier molecular flexibility index (Phi) is 3.84. The van der Waals surface area contributed by atoms with Gasteiger partial charge in [-0.1, -0.05) is 0 Å². The Balaban J connectivity index is 2.63. The Hall–Kier alpha value is -4.72. The third-order valence-electron chi connectivity index (χ3n) is 5.52. The van der Waals surface area contributed by atoms with Crippen molar-refractivity contribution in [1.82, 2.24) is 0 Å². The Morgan fingerprint density at radius 1 is 0.219 bits per heavy atom. The van der Waals surface area contributed by atoms with E-state index in [0.717, 1.165) is 48.5 Å². The average Bonchev–Trinajstić information content (AvgIpc) is 2.74. The highest BCUT2D eigenvalue weighted by Crippen LogP contribution is 2.24. The molecule has 0 aliphatic carbocycles. The van der Waals surface area contributed by atoms with Crippen molar-refractivity contribution in [2.75, 3.05) is 0 Å². The molecule has 8 heteroatoms. The fourth-order valence-corrected chi connectivity index (χ4v) is 4.24. The van der Waals surface area contributed by atoms with Crippen molar-refractivity contribution < 1.29 is 0 Å². The van der Waals surface area contributed by atoms with Crippen LogP contribution in [-0.2, 0) is 0 Å². The summed E-state index contributed by atoms with van der Waals surface area (Å²) in [4.78, 5) is 103. The van der Waals surface area contributed by atoms with Crippen molar-refractivity contribution in [1.29, 1.82) is 0 Å². The predicted octanol–water partition coefficient (Wildman–Crippen LogP) is -0.506. The summed E-state index contributed by atoms with van der Waals surface area (Å²) < 4.78 is 0. The van der Waals surface area contributed by atoms with E-state index < -0.39 is 86.5 Å². The highest BCUT2D eigenvalue weighted by molar-refractivity contribution is 6.25. The summed E-state index contributed by atoms with van der Waals surface area (Å²) in [6.07, 6.45) is 0. The van der Waals surface area contributed by atoms with Gasteiger partial charge in [0, 0.05) is 43.1 Å². The third kappa shape index (κ3) is 2.37. The van der Waals surface area contributed by atoms with Crippen molar-refractivity contribution in [3.8, 4) is 0 Å². The summed E-state index contributed by atoms with van der Waals surface area (Å²) in [5.74, 6) is 0. The molecule has 0 atom stereocenters. The normalized spacial score (nSPS) is 11.5. The van der Waals surface area contributed by atoms with Gasteiger partial charge >= 0.3 is 0 Å². The first-order chi connectivity index (χ1) is 15.2. The van der Waals surface area contributed by atoms with Gasteiger partial charge in [0.1, 0.15) is 0 Å². The lowest BCUT2D eigenvalue weighted by atomic mass is 9.93. The monoisotopic (exact) mass is 424 g/mol. The van der Waals surface area contributed by atoms with Gasteiger partial charge in [-0.2, -0.15) is 0 Å². The summed E-state index contributed by atoms with van der Waals surface area (Å²) in [6.45, 7) is 0. The van der Waals surface area contributed by atoms with Crippen LogP contribution < -0.4 is 43.4 Å². The zero-order valence-electron chi connectivity index (χ0n) is 15.9. The van der Waals surface area contributed by atoms with Crippen LogP contribution in [0.25, 0.3) is 43.1 Å². The Morgan fingerprint density at radius 2 is 0.312 bits per heavy atom. The molecule has 0 spiro atoms. The molecule has 152 valence electrons. The van der Waals surface area contributed by atoms with Crippen LogP contribution in [-0.4, -0.2) is 0 Å². The van der Waals surface area contributed by atoms with Crippen molar-refractivity contribution in [3.63, 3.8) is 0 Å². The topological polar surface area (TPSA) is 137 Å². The molecule has 0 saturated heterocycles. The molecule has 8 nitrogen and oxygen atoms in total. The van der Waals surface area contributed by atoms with Gasteiger partial charge in [0.05, 0.1) is 0 Å². The third-order valence-corrected chi connectivity index (χ3v) is 5.52. The molecule has 0 bridgehead atoms. The Labute approximate surface area is 173 Å². The summed E-state index contributed by atoms with van der Waals surface area (Å²) in [7, 11) is 0. The Morgan fingerprint density at radius 3 is 0.406 bits per heavy atom. The van der Waals surface area contributed by atoms with Crippen molar-refractivity contribution >= 4 is 43.1 Å². The molecule has 0 fully saturated rings. The molecular formula is C24H8O8. The standard InChI is InChI=1S/C24H8O8/c25-9-1-2-10(26)18-17(9)19-11(27)3-4-13(29)21(19)23-15(31)7-8-16(32)24(23)22-14(30)6-5-12(28)20(18)22/h1-8H. The molecular weight excluding hydrogens is 416 g/mol. The fraction of sp³-hybridized carbons (Fsp3) is 0. The molecule has 5 aromatic rings. The van der Waals surface area contributed by atoms with E-state index >= 15 is 0 Å². The zero-order valence-corrected chi connectivity index (χ0v) is 15.9. The lowest BCUT2D eigenvalue weighted by molar-refractivity contribution is 1.56. The summed E-state index contributed by atoms with van der Waals surface area (Å²) in [5.41, 5.74) is -6.89. The van der Waals surface area contributed by atoms with Crippen LogP contribution in [0.2, 0.25) is 0 Å². The van der Waals surface area contributed by atoms with E-state index in [4.69, 9.17) is 0 Å². The number of fused-ring (bicyclic) bond motifs is 8. The van der Waals surface area contributed by atoms with E-state index in [-0.39, 0.29) is 0 Å². The second kappa shape index (κ2) is 6.39. The Bertz CT molecular complexity index is 1640. The van der Waals surface area contributed by atoms with E-state index in [1.807, 2.05) is 0 Å². The summed E-state index contributed by atoms with van der Waals surface area (Å²) >= 11 is 0. The number of hydrogen-bond acceptors (Lipinski definition) is 8. The predicted molar refractivity (Wildman–Crippen MR) is 120 cm³/mol. The van der Waals surface area contributed by atoms with Crippen LogP contribution >= 0.6 is 0 Å². The van der Waals surface area contributed by atoms with Gasteiger partial charge < -0.3 is 0 Å². The summed E-state index contributed by atoms with van der Waals surface area (Å²) in [6, 6.07) is 6.98.